The van der Waals surface area contributed by atoms with Crippen molar-refractivity contribution in [1.29, 1.82) is 0 Å². The van der Waals surface area contributed by atoms with E-state index in [-0.39, 0.29) is 11.9 Å². The Morgan fingerprint density at radius 1 is 1.17 bits per heavy atom. The SMILES string of the molecule is OC(c1cccc(F)c1)C1NCc2ccccc21. The Morgan fingerprint density at radius 2 is 2.00 bits per heavy atom. The Labute approximate surface area is 105 Å². The minimum Gasteiger partial charge on any atom is -0.386 e. The number of nitrogens with one attached hydrogen (secondary N) is 1. The molecule has 0 fully saturated rings. The van der Waals surface area contributed by atoms with Crippen LogP contribution in [0.25, 0.3) is 0 Å². The van der Waals surface area contributed by atoms with Crippen molar-refractivity contribution in [2.45, 2.75) is 18.7 Å². The largest absolute Gasteiger partial charge is 0.386 e. The first-order valence-electron chi connectivity index (χ1n) is 6.00. The Kier molecular flexibility index (Phi) is 2.86. The van der Waals surface area contributed by atoms with E-state index in [2.05, 4.69) is 5.32 Å². The number of fused-ring (bicyclic) bond motifs is 1. The highest BCUT2D eigenvalue weighted by Gasteiger charge is 2.28. The molecule has 1 aliphatic heterocycles. The first-order chi connectivity index (χ1) is 8.75. The summed E-state index contributed by atoms with van der Waals surface area (Å²) in [6, 6.07) is 13.9. The van der Waals surface area contributed by atoms with Crippen LogP contribution >= 0.6 is 0 Å². The van der Waals surface area contributed by atoms with E-state index in [1.54, 1.807) is 12.1 Å². The summed E-state index contributed by atoms with van der Waals surface area (Å²) in [5.41, 5.74) is 2.89. The summed E-state index contributed by atoms with van der Waals surface area (Å²) in [6.07, 6.45) is -0.732. The van der Waals surface area contributed by atoms with Crippen LogP contribution in [0.2, 0.25) is 0 Å². The van der Waals surface area contributed by atoms with E-state index < -0.39 is 6.10 Å². The molecule has 0 radical (unpaired) electrons. The average Bonchev–Trinajstić information content (AvgIpc) is 2.82. The molecule has 1 aliphatic rings. The molecule has 92 valence electrons. The molecule has 3 rings (SSSR count). The molecule has 2 unspecified atom stereocenters. The van der Waals surface area contributed by atoms with Crippen LogP contribution in [0.15, 0.2) is 48.5 Å². The van der Waals surface area contributed by atoms with Crippen LogP contribution in [0.5, 0.6) is 0 Å². The quantitative estimate of drug-likeness (QED) is 0.850. The lowest BCUT2D eigenvalue weighted by Gasteiger charge is -2.20. The highest BCUT2D eigenvalue weighted by atomic mass is 19.1. The molecule has 2 N–H and O–H groups in total. The number of rotatable bonds is 2. The van der Waals surface area contributed by atoms with Gasteiger partial charge in [-0.2, -0.15) is 0 Å². The predicted octanol–water partition coefficient (Wildman–Crippen LogP) is 2.70. The molecule has 1 heterocycles. The summed E-state index contributed by atoms with van der Waals surface area (Å²) in [6.45, 7) is 0.743. The van der Waals surface area contributed by atoms with Crippen LogP contribution in [0, 0.1) is 5.82 Å². The van der Waals surface area contributed by atoms with Crippen LogP contribution in [-0.2, 0) is 6.54 Å². The molecule has 2 nitrogen and oxygen atoms in total. The van der Waals surface area contributed by atoms with Crippen molar-refractivity contribution < 1.29 is 9.50 Å². The van der Waals surface area contributed by atoms with Crippen molar-refractivity contribution >= 4 is 0 Å². The zero-order chi connectivity index (χ0) is 12.5. The van der Waals surface area contributed by atoms with Gasteiger partial charge in [-0.1, -0.05) is 36.4 Å². The molecule has 2 atom stereocenters. The molecule has 18 heavy (non-hydrogen) atoms. The Bertz CT molecular complexity index is 570. The lowest BCUT2D eigenvalue weighted by molar-refractivity contribution is 0.133. The predicted molar refractivity (Wildman–Crippen MR) is 67.4 cm³/mol. The van der Waals surface area contributed by atoms with Gasteiger partial charge in [-0.05, 0) is 28.8 Å². The number of halogens is 1. The zero-order valence-corrected chi connectivity index (χ0v) is 9.81. The van der Waals surface area contributed by atoms with Gasteiger partial charge in [0.15, 0.2) is 0 Å². The minimum absolute atomic E-state index is 0.164. The maximum atomic E-state index is 13.2. The van der Waals surface area contributed by atoms with Crippen molar-refractivity contribution in [2.24, 2.45) is 0 Å². The van der Waals surface area contributed by atoms with Gasteiger partial charge in [0.2, 0.25) is 0 Å². The van der Waals surface area contributed by atoms with E-state index in [1.165, 1.54) is 17.7 Å². The Hall–Kier alpha value is -1.71. The van der Waals surface area contributed by atoms with E-state index in [0.29, 0.717) is 5.56 Å². The van der Waals surface area contributed by atoms with Crippen LogP contribution in [-0.4, -0.2) is 5.11 Å². The smallest absolute Gasteiger partial charge is 0.123 e. The van der Waals surface area contributed by atoms with Gasteiger partial charge in [-0.25, -0.2) is 4.39 Å². The van der Waals surface area contributed by atoms with Gasteiger partial charge in [-0.15, -0.1) is 0 Å². The monoisotopic (exact) mass is 243 g/mol. The molecule has 0 saturated carbocycles. The molecule has 0 bridgehead atoms. The second-order valence-corrected chi connectivity index (χ2v) is 4.56. The number of aliphatic hydroxyl groups is 1. The number of hydrogen-bond donors (Lipinski definition) is 2. The van der Waals surface area contributed by atoms with Gasteiger partial charge in [0.25, 0.3) is 0 Å². The number of hydrogen-bond acceptors (Lipinski definition) is 2. The van der Waals surface area contributed by atoms with E-state index in [9.17, 15) is 9.50 Å². The first kappa shape index (κ1) is 11.4. The Balaban J connectivity index is 1.93. The van der Waals surface area contributed by atoms with E-state index >= 15 is 0 Å². The lowest BCUT2D eigenvalue weighted by atomic mass is 9.96. The fourth-order valence-corrected chi connectivity index (χ4v) is 2.49. The topological polar surface area (TPSA) is 32.3 Å². The van der Waals surface area contributed by atoms with Gasteiger partial charge < -0.3 is 10.4 Å². The molecular formula is C15H14FNO. The lowest BCUT2D eigenvalue weighted by Crippen LogP contribution is -2.20. The highest BCUT2D eigenvalue weighted by molar-refractivity contribution is 5.36. The third-order valence-electron chi connectivity index (χ3n) is 3.41. The molecule has 3 heteroatoms. The van der Waals surface area contributed by atoms with Crippen LogP contribution in [0.1, 0.15) is 28.8 Å². The van der Waals surface area contributed by atoms with E-state index in [4.69, 9.17) is 0 Å². The molecule has 2 aromatic carbocycles. The Morgan fingerprint density at radius 3 is 2.83 bits per heavy atom. The maximum absolute atomic E-state index is 13.2. The molecular weight excluding hydrogens is 229 g/mol. The molecule has 0 amide bonds. The van der Waals surface area contributed by atoms with Crippen molar-refractivity contribution in [3.05, 3.63) is 71.0 Å². The molecule has 0 spiro atoms. The molecule has 0 aliphatic carbocycles. The van der Waals surface area contributed by atoms with Gasteiger partial charge in [0.05, 0.1) is 12.1 Å². The third kappa shape index (κ3) is 1.92. The summed E-state index contributed by atoms with van der Waals surface area (Å²) in [5, 5.41) is 13.6. The molecule has 0 aromatic heterocycles. The molecule has 0 saturated heterocycles. The highest BCUT2D eigenvalue weighted by Crippen LogP contribution is 2.35. The van der Waals surface area contributed by atoms with Crippen molar-refractivity contribution in [1.82, 2.24) is 5.32 Å². The van der Waals surface area contributed by atoms with Crippen molar-refractivity contribution in [3.63, 3.8) is 0 Å². The zero-order valence-electron chi connectivity index (χ0n) is 9.81. The van der Waals surface area contributed by atoms with Crippen LogP contribution in [0.3, 0.4) is 0 Å². The fourth-order valence-electron chi connectivity index (χ4n) is 2.49. The third-order valence-corrected chi connectivity index (χ3v) is 3.41. The van der Waals surface area contributed by atoms with Crippen LogP contribution in [0.4, 0.5) is 4.39 Å². The summed E-state index contributed by atoms with van der Waals surface area (Å²) in [4.78, 5) is 0. The number of aliphatic hydroxyl groups excluding tert-OH is 1. The first-order valence-corrected chi connectivity index (χ1v) is 6.00. The summed E-state index contributed by atoms with van der Waals surface area (Å²) < 4.78 is 13.2. The summed E-state index contributed by atoms with van der Waals surface area (Å²) in [7, 11) is 0. The van der Waals surface area contributed by atoms with Gasteiger partial charge in [0, 0.05) is 6.54 Å². The second kappa shape index (κ2) is 4.52. The second-order valence-electron chi connectivity index (χ2n) is 4.56. The normalized spacial score (nSPS) is 19.6. The maximum Gasteiger partial charge on any atom is 0.123 e. The number of benzene rings is 2. The van der Waals surface area contributed by atoms with Crippen LogP contribution < -0.4 is 5.32 Å². The minimum atomic E-state index is -0.732. The fraction of sp³-hybridized carbons (Fsp3) is 0.200. The van der Waals surface area contributed by atoms with Crippen molar-refractivity contribution in [2.75, 3.05) is 0 Å². The standard InChI is InChI=1S/C15H14FNO/c16-12-6-3-5-10(8-12)15(18)14-13-7-2-1-4-11(13)9-17-14/h1-8,14-15,17-18H,9H2. The van der Waals surface area contributed by atoms with E-state index in [1.807, 2.05) is 24.3 Å². The van der Waals surface area contributed by atoms with Crippen molar-refractivity contribution in [3.8, 4) is 0 Å². The van der Waals surface area contributed by atoms with Gasteiger partial charge in [-0.3, -0.25) is 0 Å². The summed E-state index contributed by atoms with van der Waals surface area (Å²) >= 11 is 0. The van der Waals surface area contributed by atoms with Gasteiger partial charge >= 0.3 is 0 Å². The molecule has 2 aromatic rings. The van der Waals surface area contributed by atoms with E-state index in [0.717, 1.165) is 12.1 Å². The average molecular weight is 243 g/mol. The van der Waals surface area contributed by atoms with Gasteiger partial charge in [0.1, 0.15) is 5.82 Å². The summed E-state index contributed by atoms with van der Waals surface area (Å²) in [5.74, 6) is -0.321.